The van der Waals surface area contributed by atoms with Gasteiger partial charge in [0.2, 0.25) is 5.91 Å². The number of nitrogens with one attached hydrogen (secondary N) is 1. The number of carbonyl (C=O) groups excluding carboxylic acids is 1. The van der Waals surface area contributed by atoms with Gasteiger partial charge in [-0.2, -0.15) is 5.26 Å². The first kappa shape index (κ1) is 12.7. The zero-order valence-electron chi connectivity index (χ0n) is 9.03. The summed E-state index contributed by atoms with van der Waals surface area (Å²) >= 11 is 1.50. The van der Waals surface area contributed by atoms with Crippen LogP contribution in [0.1, 0.15) is 29.0 Å². The lowest BCUT2D eigenvalue weighted by Gasteiger charge is -2.01. The largest absolute Gasteiger partial charge is 0.370 e. The molecule has 1 aromatic rings. The summed E-state index contributed by atoms with van der Waals surface area (Å²) in [5.41, 5.74) is 5.03. The maximum Gasteiger partial charge on any atom is 0.217 e. The van der Waals surface area contributed by atoms with Crippen LogP contribution in [0.3, 0.4) is 0 Å². The second kappa shape index (κ2) is 6.99. The van der Waals surface area contributed by atoms with Crippen molar-refractivity contribution >= 4 is 17.2 Å². The predicted molar refractivity (Wildman–Crippen MR) is 63.8 cm³/mol. The quantitative estimate of drug-likeness (QED) is 0.703. The van der Waals surface area contributed by atoms with Crippen LogP contribution < -0.4 is 11.1 Å². The van der Waals surface area contributed by atoms with Gasteiger partial charge in [0.15, 0.2) is 0 Å². The molecule has 86 valence electrons. The Kier molecular flexibility index (Phi) is 5.54. The number of unbranched alkanes of at least 4 members (excludes halogenated alkanes) is 1. The number of nitriles is 1. The summed E-state index contributed by atoms with van der Waals surface area (Å²) in [6.45, 7) is 1.65. The van der Waals surface area contributed by atoms with Gasteiger partial charge in [-0.05, 0) is 31.5 Å². The van der Waals surface area contributed by atoms with Gasteiger partial charge in [-0.1, -0.05) is 0 Å². The van der Waals surface area contributed by atoms with Crippen molar-refractivity contribution in [3.05, 3.63) is 21.9 Å². The summed E-state index contributed by atoms with van der Waals surface area (Å²) in [7, 11) is 0. The van der Waals surface area contributed by atoms with Crippen LogP contribution in [0.2, 0.25) is 0 Å². The van der Waals surface area contributed by atoms with Gasteiger partial charge >= 0.3 is 0 Å². The molecule has 0 radical (unpaired) electrons. The zero-order chi connectivity index (χ0) is 11.8. The van der Waals surface area contributed by atoms with Gasteiger partial charge in [0.1, 0.15) is 10.9 Å². The van der Waals surface area contributed by atoms with Crippen LogP contribution >= 0.6 is 11.3 Å². The highest BCUT2D eigenvalue weighted by molar-refractivity contribution is 7.12. The molecule has 1 heterocycles. The number of hydrogen-bond donors (Lipinski definition) is 2. The lowest BCUT2D eigenvalue weighted by Crippen LogP contribution is -2.15. The van der Waals surface area contributed by atoms with E-state index in [-0.39, 0.29) is 5.91 Å². The van der Waals surface area contributed by atoms with E-state index in [1.54, 1.807) is 0 Å². The first-order chi connectivity index (χ1) is 7.72. The summed E-state index contributed by atoms with van der Waals surface area (Å²) in [6, 6.07) is 5.90. The molecule has 0 fully saturated rings. The fourth-order valence-corrected chi connectivity index (χ4v) is 2.07. The average Bonchev–Trinajstić information content (AvgIpc) is 2.70. The van der Waals surface area contributed by atoms with Gasteiger partial charge in [0.05, 0.1) is 0 Å². The maximum atomic E-state index is 10.5. The highest BCUT2D eigenvalue weighted by Gasteiger charge is 1.98. The van der Waals surface area contributed by atoms with Crippen molar-refractivity contribution in [2.75, 3.05) is 6.54 Å². The number of primary amides is 1. The van der Waals surface area contributed by atoms with Crippen LogP contribution in [0.4, 0.5) is 0 Å². The molecule has 0 atom stereocenters. The Morgan fingerprint density at radius 3 is 2.94 bits per heavy atom. The molecular weight excluding hydrogens is 222 g/mol. The summed E-state index contributed by atoms with van der Waals surface area (Å²) in [5, 5.41) is 11.9. The highest BCUT2D eigenvalue weighted by Crippen LogP contribution is 2.14. The Hall–Kier alpha value is -1.38. The zero-order valence-corrected chi connectivity index (χ0v) is 9.85. The molecule has 0 aliphatic rings. The van der Waals surface area contributed by atoms with Gasteiger partial charge < -0.3 is 11.1 Å². The Bertz CT molecular complexity index is 381. The molecule has 16 heavy (non-hydrogen) atoms. The molecule has 0 aliphatic carbocycles. The van der Waals surface area contributed by atoms with Crippen LogP contribution in [0.5, 0.6) is 0 Å². The van der Waals surface area contributed by atoms with Gasteiger partial charge in [0.25, 0.3) is 0 Å². The monoisotopic (exact) mass is 237 g/mol. The minimum atomic E-state index is -0.239. The highest BCUT2D eigenvalue weighted by atomic mass is 32.1. The standard InChI is InChI=1S/C11H15N3OS/c12-7-9-4-5-10(16-9)8-14-6-2-1-3-11(13)15/h4-5,14H,1-3,6,8H2,(H2,13,15). The molecule has 4 nitrogen and oxygen atoms in total. The van der Waals surface area contributed by atoms with Crippen LogP contribution in [0, 0.1) is 11.3 Å². The maximum absolute atomic E-state index is 10.5. The Balaban J connectivity index is 2.07. The van der Waals surface area contributed by atoms with Crippen molar-refractivity contribution in [1.82, 2.24) is 5.32 Å². The number of rotatable bonds is 7. The molecule has 1 aromatic heterocycles. The second-order valence-electron chi connectivity index (χ2n) is 3.48. The minimum Gasteiger partial charge on any atom is -0.370 e. The van der Waals surface area contributed by atoms with Crippen LogP contribution in [-0.2, 0) is 11.3 Å². The molecule has 0 saturated carbocycles. The molecule has 0 saturated heterocycles. The molecule has 5 heteroatoms. The van der Waals surface area contributed by atoms with Crippen molar-refractivity contribution in [1.29, 1.82) is 5.26 Å². The second-order valence-corrected chi connectivity index (χ2v) is 4.65. The van der Waals surface area contributed by atoms with Crippen LogP contribution in [-0.4, -0.2) is 12.5 Å². The summed E-state index contributed by atoms with van der Waals surface area (Å²) in [4.78, 5) is 12.4. The number of hydrogen-bond acceptors (Lipinski definition) is 4. The third kappa shape index (κ3) is 4.91. The molecule has 0 spiro atoms. The Labute approximate surface area is 99.1 Å². The topological polar surface area (TPSA) is 78.9 Å². The van der Waals surface area contributed by atoms with Crippen molar-refractivity contribution in [2.24, 2.45) is 5.73 Å². The van der Waals surface area contributed by atoms with Crippen LogP contribution in [0.25, 0.3) is 0 Å². The van der Waals surface area contributed by atoms with E-state index in [1.165, 1.54) is 11.3 Å². The van der Waals surface area contributed by atoms with E-state index in [0.29, 0.717) is 6.42 Å². The SMILES string of the molecule is N#Cc1ccc(CNCCCCC(N)=O)s1. The third-order valence-electron chi connectivity index (χ3n) is 2.10. The molecule has 1 rings (SSSR count). The number of thiophene rings is 1. The van der Waals surface area contributed by atoms with E-state index in [2.05, 4.69) is 11.4 Å². The Morgan fingerprint density at radius 2 is 2.31 bits per heavy atom. The third-order valence-corrected chi connectivity index (χ3v) is 3.09. The summed E-state index contributed by atoms with van der Waals surface area (Å²) in [6.07, 6.45) is 2.23. The first-order valence-electron chi connectivity index (χ1n) is 5.20. The first-order valence-corrected chi connectivity index (χ1v) is 6.02. The minimum absolute atomic E-state index is 0.239. The predicted octanol–water partition coefficient (Wildman–Crippen LogP) is 1.36. The average molecular weight is 237 g/mol. The van der Waals surface area contributed by atoms with Crippen molar-refractivity contribution < 1.29 is 4.79 Å². The van der Waals surface area contributed by atoms with Crippen molar-refractivity contribution in [3.8, 4) is 6.07 Å². The molecule has 0 aliphatic heterocycles. The van der Waals surface area contributed by atoms with Gasteiger partial charge in [-0.3, -0.25) is 4.79 Å². The normalized spacial score (nSPS) is 9.94. The van der Waals surface area contributed by atoms with E-state index in [1.807, 2.05) is 12.1 Å². The van der Waals surface area contributed by atoms with Gasteiger partial charge in [-0.25, -0.2) is 0 Å². The van der Waals surface area contributed by atoms with Crippen molar-refractivity contribution in [2.45, 2.75) is 25.8 Å². The number of carbonyl (C=O) groups is 1. The molecule has 0 unspecified atom stereocenters. The molecule has 1 amide bonds. The van der Waals surface area contributed by atoms with E-state index in [0.717, 1.165) is 35.7 Å². The van der Waals surface area contributed by atoms with E-state index in [4.69, 9.17) is 11.0 Å². The van der Waals surface area contributed by atoms with E-state index >= 15 is 0 Å². The van der Waals surface area contributed by atoms with E-state index in [9.17, 15) is 4.79 Å². The molecular formula is C11H15N3OS. The fourth-order valence-electron chi connectivity index (χ4n) is 1.29. The summed E-state index contributed by atoms with van der Waals surface area (Å²) < 4.78 is 0. The van der Waals surface area contributed by atoms with Gasteiger partial charge in [0, 0.05) is 17.8 Å². The van der Waals surface area contributed by atoms with Crippen LogP contribution in [0.15, 0.2) is 12.1 Å². The molecule has 0 bridgehead atoms. The lowest BCUT2D eigenvalue weighted by molar-refractivity contribution is -0.118. The van der Waals surface area contributed by atoms with Gasteiger partial charge in [-0.15, -0.1) is 11.3 Å². The molecule has 3 N–H and O–H groups in total. The lowest BCUT2D eigenvalue weighted by atomic mass is 10.2. The number of amides is 1. The summed E-state index contributed by atoms with van der Waals surface area (Å²) in [5.74, 6) is -0.239. The molecule has 0 aromatic carbocycles. The van der Waals surface area contributed by atoms with Crippen molar-refractivity contribution in [3.63, 3.8) is 0 Å². The smallest absolute Gasteiger partial charge is 0.217 e. The Morgan fingerprint density at radius 1 is 1.50 bits per heavy atom. The number of nitrogens with zero attached hydrogens (tertiary/aromatic N) is 1. The van der Waals surface area contributed by atoms with E-state index < -0.39 is 0 Å². The fraction of sp³-hybridized carbons (Fsp3) is 0.455. The number of nitrogens with two attached hydrogens (primary N) is 1.